The van der Waals surface area contributed by atoms with Crippen molar-refractivity contribution in [3.8, 4) is 17.1 Å². The van der Waals surface area contributed by atoms with E-state index >= 15 is 0 Å². The molecule has 2 aromatic carbocycles. The highest BCUT2D eigenvalue weighted by molar-refractivity contribution is 6.32. The van der Waals surface area contributed by atoms with Gasteiger partial charge in [-0.15, -0.1) is 0 Å². The highest BCUT2D eigenvalue weighted by Crippen LogP contribution is 2.24. The lowest BCUT2D eigenvalue weighted by molar-refractivity contribution is 0.0947. The number of carbonyl (C=O) groups is 1. The van der Waals surface area contributed by atoms with Crippen LogP contribution in [0.3, 0.4) is 0 Å². The molecule has 23 heavy (non-hydrogen) atoms. The fourth-order valence-electron chi connectivity index (χ4n) is 2.15. The van der Waals surface area contributed by atoms with E-state index in [0.29, 0.717) is 11.3 Å². The number of phenols is 1. The number of rotatable bonds is 4. The third kappa shape index (κ3) is 3.55. The highest BCUT2D eigenvalue weighted by atomic mass is 35.5. The molecule has 0 saturated carbocycles. The van der Waals surface area contributed by atoms with Gasteiger partial charge in [-0.2, -0.15) is 0 Å². The molecule has 3 rings (SSSR count). The Kier molecular flexibility index (Phi) is 4.35. The molecule has 1 aromatic heterocycles. The van der Waals surface area contributed by atoms with Crippen LogP contribution < -0.4 is 5.32 Å². The van der Waals surface area contributed by atoms with Crippen LogP contribution in [0.4, 0.5) is 0 Å². The minimum absolute atomic E-state index is 0.122. The van der Waals surface area contributed by atoms with E-state index in [0.717, 1.165) is 11.3 Å². The number of hydrogen-bond donors (Lipinski definition) is 2. The Morgan fingerprint density at radius 1 is 1.09 bits per heavy atom. The van der Waals surface area contributed by atoms with Crippen molar-refractivity contribution in [1.29, 1.82) is 0 Å². The van der Waals surface area contributed by atoms with E-state index in [-0.39, 0.29) is 23.2 Å². The van der Waals surface area contributed by atoms with E-state index in [4.69, 9.17) is 16.0 Å². The molecule has 0 saturated heterocycles. The molecule has 0 atom stereocenters. The van der Waals surface area contributed by atoms with E-state index in [1.165, 1.54) is 12.1 Å². The van der Waals surface area contributed by atoms with Gasteiger partial charge >= 0.3 is 0 Å². The predicted octanol–water partition coefficient (Wildman–Crippen LogP) is 4.24. The molecule has 0 aliphatic rings. The van der Waals surface area contributed by atoms with Gasteiger partial charge in [-0.1, -0.05) is 41.9 Å². The van der Waals surface area contributed by atoms with Gasteiger partial charge in [0.2, 0.25) is 0 Å². The SMILES string of the molecule is O=C(NCc1ccc(-c2ccccc2)o1)c1ccc(Cl)c(O)c1. The quantitative estimate of drug-likeness (QED) is 0.753. The molecule has 1 amide bonds. The molecular weight excluding hydrogens is 314 g/mol. The second-order valence-electron chi connectivity index (χ2n) is 4.98. The third-order valence-corrected chi connectivity index (χ3v) is 3.67. The zero-order valence-electron chi connectivity index (χ0n) is 12.1. The number of carbonyl (C=O) groups excluding carboxylic acids is 1. The maximum Gasteiger partial charge on any atom is 0.251 e. The van der Waals surface area contributed by atoms with Gasteiger partial charge in [-0.05, 0) is 30.3 Å². The number of hydrogen-bond acceptors (Lipinski definition) is 3. The summed E-state index contributed by atoms with van der Waals surface area (Å²) in [6.07, 6.45) is 0. The third-order valence-electron chi connectivity index (χ3n) is 3.35. The van der Waals surface area contributed by atoms with Gasteiger partial charge < -0.3 is 14.8 Å². The lowest BCUT2D eigenvalue weighted by Crippen LogP contribution is -2.22. The minimum atomic E-state index is -0.311. The Bertz CT molecular complexity index is 827. The number of halogens is 1. The summed E-state index contributed by atoms with van der Waals surface area (Å²) in [5.41, 5.74) is 1.31. The summed E-state index contributed by atoms with van der Waals surface area (Å²) in [7, 11) is 0. The van der Waals surface area contributed by atoms with E-state index in [1.54, 1.807) is 6.07 Å². The Balaban J connectivity index is 1.65. The maximum absolute atomic E-state index is 12.1. The van der Waals surface area contributed by atoms with Crippen LogP contribution in [0.1, 0.15) is 16.1 Å². The van der Waals surface area contributed by atoms with Gasteiger partial charge in [0.15, 0.2) is 0 Å². The maximum atomic E-state index is 12.1. The first-order valence-corrected chi connectivity index (χ1v) is 7.42. The van der Waals surface area contributed by atoms with Crippen LogP contribution in [0, 0.1) is 0 Å². The van der Waals surface area contributed by atoms with Crippen molar-refractivity contribution < 1.29 is 14.3 Å². The lowest BCUT2D eigenvalue weighted by Gasteiger charge is -2.05. The van der Waals surface area contributed by atoms with Crippen molar-refractivity contribution in [1.82, 2.24) is 5.32 Å². The molecule has 0 aliphatic carbocycles. The Morgan fingerprint density at radius 3 is 2.61 bits per heavy atom. The number of nitrogens with one attached hydrogen (secondary N) is 1. The summed E-state index contributed by atoms with van der Waals surface area (Å²) in [5.74, 6) is 0.965. The molecule has 0 unspecified atom stereocenters. The second-order valence-corrected chi connectivity index (χ2v) is 5.39. The summed E-state index contributed by atoms with van der Waals surface area (Å²) in [6.45, 7) is 0.259. The van der Waals surface area contributed by atoms with Crippen LogP contribution in [0.15, 0.2) is 65.1 Å². The molecule has 0 spiro atoms. The summed E-state index contributed by atoms with van der Waals surface area (Å²) in [6, 6.07) is 17.8. The molecule has 3 aromatic rings. The van der Waals surface area contributed by atoms with Gasteiger partial charge in [-0.25, -0.2) is 0 Å². The molecule has 1 heterocycles. The fraction of sp³-hybridized carbons (Fsp3) is 0.0556. The molecule has 2 N–H and O–H groups in total. The van der Waals surface area contributed by atoms with Gasteiger partial charge in [0.05, 0.1) is 11.6 Å². The lowest BCUT2D eigenvalue weighted by atomic mass is 10.2. The summed E-state index contributed by atoms with van der Waals surface area (Å²) < 4.78 is 5.71. The van der Waals surface area contributed by atoms with Crippen molar-refractivity contribution in [3.05, 3.63) is 77.0 Å². The molecule has 5 heteroatoms. The van der Waals surface area contributed by atoms with Crippen molar-refractivity contribution in [3.63, 3.8) is 0 Å². The van der Waals surface area contributed by atoms with Gasteiger partial charge in [0.1, 0.15) is 17.3 Å². The number of furan rings is 1. The first kappa shape index (κ1) is 15.2. The van der Waals surface area contributed by atoms with E-state index < -0.39 is 0 Å². The molecule has 0 bridgehead atoms. The number of benzene rings is 2. The molecule has 0 fully saturated rings. The zero-order chi connectivity index (χ0) is 16.2. The Hall–Kier alpha value is -2.72. The van der Waals surface area contributed by atoms with Crippen LogP contribution in [0.5, 0.6) is 5.75 Å². The average Bonchev–Trinajstić information content (AvgIpc) is 3.05. The van der Waals surface area contributed by atoms with Crippen LogP contribution in [0.2, 0.25) is 5.02 Å². The van der Waals surface area contributed by atoms with E-state index in [2.05, 4.69) is 5.32 Å². The number of aromatic hydroxyl groups is 1. The molecule has 0 aliphatic heterocycles. The van der Waals surface area contributed by atoms with Gasteiger partial charge in [0.25, 0.3) is 5.91 Å². The number of phenolic OH excluding ortho intramolecular Hbond substituents is 1. The van der Waals surface area contributed by atoms with Crippen molar-refractivity contribution in [2.75, 3.05) is 0 Å². The van der Waals surface area contributed by atoms with Crippen LogP contribution >= 0.6 is 11.6 Å². The van der Waals surface area contributed by atoms with E-state index in [9.17, 15) is 9.90 Å². The Labute approximate surface area is 138 Å². The topological polar surface area (TPSA) is 62.5 Å². The van der Waals surface area contributed by atoms with Crippen molar-refractivity contribution >= 4 is 17.5 Å². The smallest absolute Gasteiger partial charge is 0.251 e. The van der Waals surface area contributed by atoms with Crippen molar-refractivity contribution in [2.24, 2.45) is 0 Å². The monoisotopic (exact) mass is 327 g/mol. The van der Waals surface area contributed by atoms with Crippen LogP contribution in [-0.4, -0.2) is 11.0 Å². The van der Waals surface area contributed by atoms with E-state index in [1.807, 2.05) is 42.5 Å². The largest absolute Gasteiger partial charge is 0.506 e. The highest BCUT2D eigenvalue weighted by Gasteiger charge is 2.10. The van der Waals surface area contributed by atoms with Crippen molar-refractivity contribution in [2.45, 2.75) is 6.54 Å². The predicted molar refractivity (Wildman–Crippen MR) is 88.4 cm³/mol. The Morgan fingerprint density at radius 2 is 1.87 bits per heavy atom. The van der Waals surface area contributed by atoms with Gasteiger partial charge in [0, 0.05) is 11.1 Å². The average molecular weight is 328 g/mol. The fourth-order valence-corrected chi connectivity index (χ4v) is 2.27. The summed E-state index contributed by atoms with van der Waals surface area (Å²) in [4.78, 5) is 12.1. The van der Waals surface area contributed by atoms with Crippen LogP contribution in [-0.2, 0) is 6.54 Å². The molecule has 116 valence electrons. The first-order valence-electron chi connectivity index (χ1n) is 7.04. The number of amides is 1. The normalized spacial score (nSPS) is 10.5. The van der Waals surface area contributed by atoms with Crippen LogP contribution in [0.25, 0.3) is 11.3 Å². The molecule has 0 radical (unpaired) electrons. The minimum Gasteiger partial charge on any atom is -0.506 e. The zero-order valence-corrected chi connectivity index (χ0v) is 12.9. The standard InChI is InChI=1S/C18H14ClNO3/c19-15-8-6-13(10-16(15)21)18(22)20-11-14-7-9-17(23-14)12-4-2-1-3-5-12/h1-10,21H,11H2,(H,20,22). The summed E-state index contributed by atoms with van der Waals surface area (Å²) in [5, 5.41) is 12.5. The second kappa shape index (κ2) is 6.58. The van der Waals surface area contributed by atoms with Gasteiger partial charge in [-0.3, -0.25) is 4.79 Å². The first-order chi connectivity index (χ1) is 11.1. The molecular formula is C18H14ClNO3. The molecule has 4 nitrogen and oxygen atoms in total. The summed E-state index contributed by atoms with van der Waals surface area (Å²) >= 11 is 5.72.